The first kappa shape index (κ1) is 10.4. The Labute approximate surface area is 94.8 Å². The van der Waals surface area contributed by atoms with Gasteiger partial charge in [0.15, 0.2) is 0 Å². The molecule has 0 spiro atoms. The molecule has 0 radical (unpaired) electrons. The van der Waals surface area contributed by atoms with Crippen LogP contribution in [0, 0.1) is 13.8 Å². The summed E-state index contributed by atoms with van der Waals surface area (Å²) < 4.78 is 0. The number of hydrogen-bond acceptors (Lipinski definition) is 2. The average molecular weight is 217 g/mol. The van der Waals surface area contributed by atoms with Crippen LogP contribution in [0.5, 0.6) is 0 Å². The SMILES string of the molecule is CCc1nc(-c2ccc(C)cc2)sc1C. The molecule has 2 aromatic rings. The monoisotopic (exact) mass is 217 g/mol. The van der Waals surface area contributed by atoms with E-state index in [0.717, 1.165) is 11.4 Å². The second-order valence-electron chi connectivity index (χ2n) is 3.74. The van der Waals surface area contributed by atoms with Gasteiger partial charge < -0.3 is 0 Å². The lowest BCUT2D eigenvalue weighted by Gasteiger charge is -1.96. The number of thiazole rings is 1. The minimum atomic E-state index is 1.02. The molecule has 1 heterocycles. The molecule has 2 heteroatoms. The van der Waals surface area contributed by atoms with Crippen molar-refractivity contribution in [1.29, 1.82) is 0 Å². The lowest BCUT2D eigenvalue weighted by atomic mass is 10.2. The second-order valence-corrected chi connectivity index (χ2v) is 4.94. The van der Waals surface area contributed by atoms with E-state index in [0.29, 0.717) is 0 Å². The predicted octanol–water partition coefficient (Wildman–Crippen LogP) is 3.99. The van der Waals surface area contributed by atoms with Crippen molar-refractivity contribution in [3.05, 3.63) is 40.4 Å². The minimum absolute atomic E-state index is 1.02. The summed E-state index contributed by atoms with van der Waals surface area (Å²) in [5, 5.41) is 1.14. The third-order valence-electron chi connectivity index (χ3n) is 2.53. The molecule has 0 aliphatic carbocycles. The Morgan fingerprint density at radius 1 is 1.13 bits per heavy atom. The zero-order valence-corrected chi connectivity index (χ0v) is 10.2. The van der Waals surface area contributed by atoms with Crippen LogP contribution in [0.3, 0.4) is 0 Å². The summed E-state index contributed by atoms with van der Waals surface area (Å²) in [5.41, 5.74) is 3.76. The normalized spacial score (nSPS) is 10.6. The Balaban J connectivity index is 2.41. The second kappa shape index (κ2) is 4.15. The van der Waals surface area contributed by atoms with Crippen LogP contribution in [-0.4, -0.2) is 4.98 Å². The highest BCUT2D eigenvalue weighted by atomic mass is 32.1. The summed E-state index contributed by atoms with van der Waals surface area (Å²) in [6.07, 6.45) is 1.02. The smallest absolute Gasteiger partial charge is 0.123 e. The van der Waals surface area contributed by atoms with Gasteiger partial charge >= 0.3 is 0 Å². The maximum absolute atomic E-state index is 4.65. The molecule has 1 aromatic heterocycles. The summed E-state index contributed by atoms with van der Waals surface area (Å²) in [5.74, 6) is 0. The Bertz CT molecular complexity index is 454. The Kier molecular flexibility index (Phi) is 2.87. The molecule has 0 aliphatic heterocycles. The van der Waals surface area contributed by atoms with E-state index < -0.39 is 0 Å². The van der Waals surface area contributed by atoms with E-state index in [9.17, 15) is 0 Å². The number of benzene rings is 1. The molecule has 15 heavy (non-hydrogen) atoms. The van der Waals surface area contributed by atoms with E-state index in [1.165, 1.54) is 21.7 Å². The van der Waals surface area contributed by atoms with Gasteiger partial charge in [0.2, 0.25) is 0 Å². The van der Waals surface area contributed by atoms with Gasteiger partial charge in [0.05, 0.1) is 5.69 Å². The van der Waals surface area contributed by atoms with Crippen LogP contribution in [0.1, 0.15) is 23.1 Å². The maximum atomic E-state index is 4.65. The fraction of sp³-hybridized carbons (Fsp3) is 0.308. The van der Waals surface area contributed by atoms with Crippen molar-refractivity contribution in [2.75, 3.05) is 0 Å². The number of aromatic nitrogens is 1. The van der Waals surface area contributed by atoms with Crippen LogP contribution in [0.4, 0.5) is 0 Å². The first-order valence-corrected chi connectivity index (χ1v) is 6.05. The van der Waals surface area contributed by atoms with Gasteiger partial charge in [-0.05, 0) is 20.3 Å². The lowest BCUT2D eigenvalue weighted by molar-refractivity contribution is 1.05. The molecule has 0 fully saturated rings. The highest BCUT2D eigenvalue weighted by Crippen LogP contribution is 2.27. The van der Waals surface area contributed by atoms with Gasteiger partial charge in [-0.3, -0.25) is 0 Å². The van der Waals surface area contributed by atoms with Crippen LogP contribution in [0.15, 0.2) is 24.3 Å². The quantitative estimate of drug-likeness (QED) is 0.741. The molecule has 0 bridgehead atoms. The molecule has 0 N–H and O–H groups in total. The van der Waals surface area contributed by atoms with E-state index in [1.807, 2.05) is 0 Å². The largest absolute Gasteiger partial charge is 0.241 e. The standard InChI is InChI=1S/C13H15NS/c1-4-12-10(3)15-13(14-12)11-7-5-9(2)6-8-11/h5-8H,4H2,1-3H3. The molecular formula is C13H15NS. The van der Waals surface area contributed by atoms with E-state index in [4.69, 9.17) is 0 Å². The van der Waals surface area contributed by atoms with E-state index in [-0.39, 0.29) is 0 Å². The van der Waals surface area contributed by atoms with Crippen molar-refractivity contribution in [3.63, 3.8) is 0 Å². The van der Waals surface area contributed by atoms with Crippen molar-refractivity contribution < 1.29 is 0 Å². The van der Waals surface area contributed by atoms with E-state index in [2.05, 4.69) is 50.0 Å². The third kappa shape index (κ3) is 2.10. The Hall–Kier alpha value is -1.15. The van der Waals surface area contributed by atoms with Crippen molar-refractivity contribution in [2.24, 2.45) is 0 Å². The topological polar surface area (TPSA) is 12.9 Å². The summed E-state index contributed by atoms with van der Waals surface area (Å²) in [7, 11) is 0. The predicted molar refractivity (Wildman–Crippen MR) is 66.4 cm³/mol. The number of nitrogens with zero attached hydrogens (tertiary/aromatic N) is 1. The van der Waals surface area contributed by atoms with Gasteiger partial charge in [-0.15, -0.1) is 11.3 Å². The molecule has 0 saturated carbocycles. The number of aryl methyl sites for hydroxylation is 3. The van der Waals surface area contributed by atoms with Gasteiger partial charge in [0.25, 0.3) is 0 Å². The molecular weight excluding hydrogens is 202 g/mol. The molecule has 0 aliphatic rings. The van der Waals surface area contributed by atoms with Crippen LogP contribution >= 0.6 is 11.3 Å². The van der Waals surface area contributed by atoms with Crippen molar-refractivity contribution in [3.8, 4) is 10.6 Å². The highest BCUT2D eigenvalue weighted by Gasteiger charge is 2.07. The lowest BCUT2D eigenvalue weighted by Crippen LogP contribution is -1.82. The van der Waals surface area contributed by atoms with Crippen LogP contribution < -0.4 is 0 Å². The van der Waals surface area contributed by atoms with Crippen molar-refractivity contribution in [2.45, 2.75) is 27.2 Å². The fourth-order valence-electron chi connectivity index (χ4n) is 1.58. The van der Waals surface area contributed by atoms with Crippen molar-refractivity contribution >= 4 is 11.3 Å². The summed E-state index contributed by atoms with van der Waals surface area (Å²) >= 11 is 1.79. The first-order chi connectivity index (χ1) is 7.20. The van der Waals surface area contributed by atoms with Gasteiger partial charge in [0.1, 0.15) is 5.01 Å². The fourth-order valence-corrected chi connectivity index (χ4v) is 2.58. The first-order valence-electron chi connectivity index (χ1n) is 5.24. The van der Waals surface area contributed by atoms with Gasteiger partial charge in [-0.1, -0.05) is 36.8 Å². The van der Waals surface area contributed by atoms with Crippen molar-refractivity contribution in [1.82, 2.24) is 4.98 Å². The molecule has 0 atom stereocenters. The molecule has 0 amide bonds. The molecule has 78 valence electrons. The van der Waals surface area contributed by atoms with Gasteiger partial charge in [0, 0.05) is 10.4 Å². The number of rotatable bonds is 2. The van der Waals surface area contributed by atoms with Crippen LogP contribution in [0.2, 0.25) is 0 Å². The molecule has 0 unspecified atom stereocenters. The third-order valence-corrected chi connectivity index (χ3v) is 3.59. The van der Waals surface area contributed by atoms with Gasteiger partial charge in [-0.25, -0.2) is 4.98 Å². The Morgan fingerprint density at radius 3 is 2.33 bits per heavy atom. The molecule has 1 aromatic carbocycles. The summed E-state index contributed by atoms with van der Waals surface area (Å²) in [6, 6.07) is 8.56. The van der Waals surface area contributed by atoms with Gasteiger partial charge in [-0.2, -0.15) is 0 Å². The minimum Gasteiger partial charge on any atom is -0.241 e. The average Bonchev–Trinajstić information content (AvgIpc) is 2.61. The molecule has 0 saturated heterocycles. The molecule has 2 rings (SSSR count). The van der Waals surface area contributed by atoms with Crippen LogP contribution in [0.25, 0.3) is 10.6 Å². The zero-order chi connectivity index (χ0) is 10.8. The van der Waals surface area contributed by atoms with E-state index >= 15 is 0 Å². The maximum Gasteiger partial charge on any atom is 0.123 e. The highest BCUT2D eigenvalue weighted by molar-refractivity contribution is 7.15. The number of hydrogen-bond donors (Lipinski definition) is 0. The molecule has 1 nitrogen and oxygen atoms in total. The van der Waals surface area contributed by atoms with Crippen LogP contribution in [-0.2, 0) is 6.42 Å². The zero-order valence-electron chi connectivity index (χ0n) is 9.37. The Morgan fingerprint density at radius 2 is 1.80 bits per heavy atom. The summed E-state index contributed by atoms with van der Waals surface area (Å²) in [6.45, 7) is 6.41. The summed E-state index contributed by atoms with van der Waals surface area (Å²) in [4.78, 5) is 5.99. The van der Waals surface area contributed by atoms with E-state index in [1.54, 1.807) is 11.3 Å².